The molecule has 0 spiro atoms. The van der Waals surface area contributed by atoms with Crippen molar-refractivity contribution >= 4 is 38.9 Å². The van der Waals surface area contributed by atoms with Gasteiger partial charge in [-0.2, -0.15) is 0 Å². The summed E-state index contributed by atoms with van der Waals surface area (Å²) in [4.78, 5) is 17.0. The lowest BCUT2D eigenvalue weighted by molar-refractivity contribution is -0.123. The monoisotopic (exact) mass is 399 g/mol. The number of benzene rings is 2. The third kappa shape index (κ3) is 3.01. The molecular weight excluding hydrogens is 378 g/mol. The fourth-order valence-electron chi connectivity index (χ4n) is 3.45. The number of hydrogen-bond acceptors (Lipinski definition) is 3. The summed E-state index contributed by atoms with van der Waals surface area (Å²) in [7, 11) is 0. The first kappa shape index (κ1) is 16.5. The molecule has 0 radical (unpaired) electrons. The van der Waals surface area contributed by atoms with E-state index in [2.05, 4.69) is 61.4 Å². The predicted octanol–water partition coefficient (Wildman–Crippen LogP) is 4.73. The van der Waals surface area contributed by atoms with Crippen molar-refractivity contribution in [3.05, 3.63) is 52.0 Å². The molecular formula is C20H22BrN3O. The van der Waals surface area contributed by atoms with Gasteiger partial charge in [0, 0.05) is 40.0 Å². The van der Waals surface area contributed by atoms with Gasteiger partial charge in [0.1, 0.15) is 0 Å². The van der Waals surface area contributed by atoms with Crippen LogP contribution in [0.1, 0.15) is 31.9 Å². The van der Waals surface area contributed by atoms with E-state index in [0.29, 0.717) is 0 Å². The van der Waals surface area contributed by atoms with Gasteiger partial charge in [-0.25, -0.2) is 0 Å². The highest BCUT2D eigenvalue weighted by atomic mass is 79.9. The summed E-state index contributed by atoms with van der Waals surface area (Å²) in [5, 5.41) is 3.04. The van der Waals surface area contributed by atoms with E-state index in [1.165, 1.54) is 22.5 Å². The van der Waals surface area contributed by atoms with Crippen molar-refractivity contribution in [2.24, 2.45) is 5.41 Å². The molecule has 1 N–H and O–H groups in total. The zero-order valence-corrected chi connectivity index (χ0v) is 16.4. The number of anilines is 3. The van der Waals surface area contributed by atoms with Crippen LogP contribution >= 0.6 is 15.9 Å². The molecule has 4 rings (SSSR count). The Hall–Kier alpha value is -2.01. The molecule has 0 saturated carbocycles. The number of nitrogens with one attached hydrogen (secondary N) is 1. The van der Waals surface area contributed by atoms with E-state index in [9.17, 15) is 4.79 Å². The molecule has 0 atom stereocenters. The largest absolute Gasteiger partial charge is 0.349 e. The van der Waals surface area contributed by atoms with Crippen molar-refractivity contribution in [1.29, 1.82) is 0 Å². The van der Waals surface area contributed by atoms with Crippen LogP contribution in [-0.4, -0.2) is 12.6 Å². The fourth-order valence-corrected chi connectivity index (χ4v) is 3.85. The molecule has 0 fully saturated rings. The maximum Gasteiger partial charge on any atom is 0.229 e. The molecule has 2 heterocycles. The van der Waals surface area contributed by atoms with Gasteiger partial charge in [0.25, 0.3) is 0 Å². The van der Waals surface area contributed by atoms with Crippen LogP contribution in [0.25, 0.3) is 0 Å². The molecule has 2 aromatic carbocycles. The summed E-state index contributed by atoms with van der Waals surface area (Å²) < 4.78 is 1.12. The molecule has 0 aliphatic carbocycles. The van der Waals surface area contributed by atoms with E-state index < -0.39 is 5.41 Å². The van der Waals surface area contributed by atoms with E-state index in [4.69, 9.17) is 0 Å². The summed E-state index contributed by atoms with van der Waals surface area (Å²) in [5.74, 6) is 0.0410. The van der Waals surface area contributed by atoms with Gasteiger partial charge in [-0.1, -0.05) is 36.7 Å². The summed E-state index contributed by atoms with van der Waals surface area (Å²) in [5.41, 5.74) is 5.64. The standard InChI is InChI=1S/C20H22BrN3O/c1-20(2,3)19(25)22-16-5-7-18-14(9-16)11-24-12-23(18)10-13-8-15(21)4-6-17(13)24/h4-9H,10-12H2,1-3H3,(H,22,25). The van der Waals surface area contributed by atoms with Crippen molar-refractivity contribution in [3.63, 3.8) is 0 Å². The zero-order chi connectivity index (χ0) is 17.8. The predicted molar refractivity (Wildman–Crippen MR) is 106 cm³/mol. The highest BCUT2D eigenvalue weighted by molar-refractivity contribution is 9.10. The Morgan fingerprint density at radius 2 is 1.60 bits per heavy atom. The van der Waals surface area contributed by atoms with Gasteiger partial charge in [-0.05, 0) is 47.5 Å². The Bertz CT molecular complexity index is 857. The number of nitrogens with zero attached hydrogens (tertiary/aromatic N) is 2. The Morgan fingerprint density at radius 3 is 2.24 bits per heavy atom. The Balaban J connectivity index is 1.64. The van der Waals surface area contributed by atoms with Crippen LogP contribution in [0.4, 0.5) is 17.1 Å². The molecule has 130 valence electrons. The van der Waals surface area contributed by atoms with E-state index in [-0.39, 0.29) is 5.91 Å². The van der Waals surface area contributed by atoms with Gasteiger partial charge in [-0.15, -0.1) is 0 Å². The highest BCUT2D eigenvalue weighted by Gasteiger charge is 2.29. The maximum atomic E-state index is 12.3. The second-order valence-corrected chi connectivity index (χ2v) is 8.77. The van der Waals surface area contributed by atoms with Crippen molar-refractivity contribution in [3.8, 4) is 0 Å². The van der Waals surface area contributed by atoms with Gasteiger partial charge in [0.05, 0.1) is 6.67 Å². The van der Waals surface area contributed by atoms with Crippen molar-refractivity contribution in [2.75, 3.05) is 21.8 Å². The summed E-state index contributed by atoms with van der Waals surface area (Å²) in [6.45, 7) is 8.47. The van der Waals surface area contributed by atoms with Crippen molar-refractivity contribution in [1.82, 2.24) is 0 Å². The van der Waals surface area contributed by atoms with Crippen LogP contribution in [-0.2, 0) is 17.9 Å². The molecule has 2 aliphatic heterocycles. The number of fused-ring (bicyclic) bond motifs is 6. The SMILES string of the molecule is CC(C)(C)C(=O)Nc1ccc2c(c1)CN1CN2Cc2cc(Br)ccc21. The summed E-state index contributed by atoms with van der Waals surface area (Å²) in [6, 6.07) is 12.7. The number of amides is 1. The normalized spacial score (nSPS) is 15.5. The Morgan fingerprint density at radius 1 is 1.00 bits per heavy atom. The van der Waals surface area contributed by atoms with Gasteiger partial charge < -0.3 is 15.1 Å². The highest BCUT2D eigenvalue weighted by Crippen LogP contribution is 2.39. The molecule has 2 aromatic rings. The topological polar surface area (TPSA) is 35.6 Å². The van der Waals surface area contributed by atoms with Gasteiger partial charge in [-0.3, -0.25) is 4.79 Å². The van der Waals surface area contributed by atoms with E-state index >= 15 is 0 Å². The van der Waals surface area contributed by atoms with Crippen LogP contribution in [0.5, 0.6) is 0 Å². The number of carbonyl (C=O) groups is 1. The average Bonchev–Trinajstić information content (AvgIpc) is 2.53. The first-order valence-corrected chi connectivity index (χ1v) is 9.33. The van der Waals surface area contributed by atoms with Crippen LogP contribution in [0.3, 0.4) is 0 Å². The summed E-state index contributed by atoms with van der Waals surface area (Å²) in [6.07, 6.45) is 0. The number of rotatable bonds is 1. The maximum absolute atomic E-state index is 12.3. The summed E-state index contributed by atoms with van der Waals surface area (Å²) >= 11 is 3.57. The lowest BCUT2D eigenvalue weighted by Gasteiger charge is -2.45. The first-order valence-electron chi connectivity index (χ1n) is 8.54. The fraction of sp³-hybridized carbons (Fsp3) is 0.350. The molecule has 4 nitrogen and oxygen atoms in total. The minimum absolute atomic E-state index is 0.0410. The van der Waals surface area contributed by atoms with E-state index in [1.807, 2.05) is 26.8 Å². The Kier molecular flexibility index (Phi) is 3.80. The van der Waals surface area contributed by atoms with Crippen LogP contribution in [0.15, 0.2) is 40.9 Å². The average molecular weight is 400 g/mol. The number of carbonyl (C=O) groups excluding carboxylic acids is 1. The smallest absolute Gasteiger partial charge is 0.229 e. The third-order valence-corrected chi connectivity index (χ3v) is 5.30. The second-order valence-electron chi connectivity index (χ2n) is 7.86. The lowest BCUT2D eigenvalue weighted by Crippen LogP contribution is -2.46. The minimum Gasteiger partial charge on any atom is -0.349 e. The van der Waals surface area contributed by atoms with Crippen molar-refractivity contribution < 1.29 is 4.79 Å². The molecule has 2 bridgehead atoms. The zero-order valence-electron chi connectivity index (χ0n) is 14.8. The van der Waals surface area contributed by atoms with Gasteiger partial charge in [0.2, 0.25) is 5.91 Å². The molecule has 0 unspecified atom stereocenters. The molecule has 1 amide bonds. The molecule has 0 saturated heterocycles. The lowest BCUT2D eigenvalue weighted by atomic mass is 9.95. The third-order valence-electron chi connectivity index (χ3n) is 4.81. The van der Waals surface area contributed by atoms with Crippen LogP contribution < -0.4 is 15.1 Å². The van der Waals surface area contributed by atoms with Crippen LogP contribution in [0, 0.1) is 5.41 Å². The molecule has 0 aromatic heterocycles. The molecule has 2 aliphatic rings. The van der Waals surface area contributed by atoms with Gasteiger partial charge >= 0.3 is 0 Å². The van der Waals surface area contributed by atoms with Crippen LogP contribution in [0.2, 0.25) is 0 Å². The van der Waals surface area contributed by atoms with Gasteiger partial charge in [0.15, 0.2) is 0 Å². The van der Waals surface area contributed by atoms with E-state index in [0.717, 1.165) is 29.9 Å². The second kappa shape index (κ2) is 5.77. The number of hydrogen-bond donors (Lipinski definition) is 1. The van der Waals surface area contributed by atoms with E-state index in [1.54, 1.807) is 0 Å². The quantitative estimate of drug-likeness (QED) is 0.752. The minimum atomic E-state index is -0.397. The van der Waals surface area contributed by atoms with Crippen molar-refractivity contribution in [2.45, 2.75) is 33.9 Å². The first-order chi connectivity index (χ1) is 11.8. The number of halogens is 1. The molecule has 25 heavy (non-hydrogen) atoms. The molecule has 5 heteroatoms. The Labute approximate surface area is 156 Å².